The lowest BCUT2D eigenvalue weighted by Gasteiger charge is -2.12. The molecule has 18 heavy (non-hydrogen) atoms. The van der Waals surface area contributed by atoms with Crippen molar-refractivity contribution < 1.29 is 9.52 Å². The highest BCUT2D eigenvalue weighted by Gasteiger charge is 2.23. The molecule has 0 amide bonds. The van der Waals surface area contributed by atoms with Crippen LogP contribution in [0.5, 0.6) is 0 Å². The highest BCUT2D eigenvalue weighted by molar-refractivity contribution is 6.07. The summed E-state index contributed by atoms with van der Waals surface area (Å²) in [5.74, 6) is 0.835. The van der Waals surface area contributed by atoms with Crippen LogP contribution in [0.2, 0.25) is 0 Å². The lowest BCUT2D eigenvalue weighted by atomic mass is 10.1. The van der Waals surface area contributed by atoms with Crippen LogP contribution in [0.15, 0.2) is 34.7 Å². The molecule has 0 aliphatic rings. The molecule has 3 rings (SSSR count). The molecule has 0 atom stereocenters. The van der Waals surface area contributed by atoms with Crippen LogP contribution in [0.4, 0.5) is 5.82 Å². The topological polar surface area (TPSA) is 72.3 Å². The molecule has 0 spiro atoms. The van der Waals surface area contributed by atoms with Gasteiger partial charge in [-0.25, -0.2) is 4.98 Å². The molecule has 0 aliphatic heterocycles. The molecule has 4 nitrogen and oxygen atoms in total. The number of nitrogen functional groups attached to an aromatic ring is 1. The highest BCUT2D eigenvalue weighted by Crippen LogP contribution is 2.34. The van der Waals surface area contributed by atoms with Gasteiger partial charge in [-0.15, -0.1) is 0 Å². The van der Waals surface area contributed by atoms with Gasteiger partial charge in [0.1, 0.15) is 11.4 Å². The maximum absolute atomic E-state index is 10.00. The second-order valence-corrected chi connectivity index (χ2v) is 4.93. The van der Waals surface area contributed by atoms with E-state index in [-0.39, 0.29) is 0 Å². The fourth-order valence-electron chi connectivity index (χ4n) is 2.06. The lowest BCUT2D eigenvalue weighted by Crippen LogP contribution is -2.13. The standard InChI is InChI=1S/C14H14N2O2/c1-14(2,17)11-7-9-8-5-3-4-6-10(8)16-13(15)12(9)18-11/h3-7,17H,1-2H3,(H2,15,16). The number of nitrogens with zero attached hydrogens (tertiary/aromatic N) is 1. The molecule has 0 bridgehead atoms. The average molecular weight is 242 g/mol. The summed E-state index contributed by atoms with van der Waals surface area (Å²) >= 11 is 0. The molecule has 0 aliphatic carbocycles. The smallest absolute Gasteiger partial charge is 0.177 e. The minimum Gasteiger partial charge on any atom is -0.454 e. The molecule has 0 fully saturated rings. The van der Waals surface area contributed by atoms with Gasteiger partial charge >= 0.3 is 0 Å². The summed E-state index contributed by atoms with van der Waals surface area (Å²) in [5, 5.41) is 11.9. The number of hydrogen-bond acceptors (Lipinski definition) is 4. The van der Waals surface area contributed by atoms with E-state index >= 15 is 0 Å². The number of anilines is 1. The molecule has 2 aromatic heterocycles. The van der Waals surface area contributed by atoms with E-state index in [2.05, 4.69) is 4.98 Å². The van der Waals surface area contributed by atoms with Gasteiger partial charge < -0.3 is 15.3 Å². The van der Waals surface area contributed by atoms with Crippen LogP contribution in [0.3, 0.4) is 0 Å². The van der Waals surface area contributed by atoms with Crippen molar-refractivity contribution in [2.45, 2.75) is 19.4 Å². The fourth-order valence-corrected chi connectivity index (χ4v) is 2.06. The summed E-state index contributed by atoms with van der Waals surface area (Å²) < 4.78 is 5.63. The van der Waals surface area contributed by atoms with E-state index < -0.39 is 5.60 Å². The number of para-hydroxylation sites is 1. The van der Waals surface area contributed by atoms with E-state index in [1.807, 2.05) is 30.3 Å². The fraction of sp³-hybridized carbons (Fsp3) is 0.214. The van der Waals surface area contributed by atoms with E-state index in [1.165, 1.54) is 0 Å². The summed E-state index contributed by atoms with van der Waals surface area (Å²) in [4.78, 5) is 4.30. The van der Waals surface area contributed by atoms with Crippen LogP contribution in [-0.4, -0.2) is 10.1 Å². The van der Waals surface area contributed by atoms with Crippen LogP contribution in [0, 0.1) is 0 Å². The lowest BCUT2D eigenvalue weighted by molar-refractivity contribution is 0.0559. The van der Waals surface area contributed by atoms with Crippen molar-refractivity contribution in [3.8, 4) is 0 Å². The zero-order valence-electron chi connectivity index (χ0n) is 10.3. The predicted octanol–water partition coefficient (Wildman–Crippen LogP) is 2.79. The summed E-state index contributed by atoms with van der Waals surface area (Å²) in [6.45, 7) is 3.35. The minimum atomic E-state index is -1.04. The SMILES string of the molecule is CC(C)(O)c1cc2c(o1)c(N)nc1ccccc12. The number of aliphatic hydroxyl groups is 1. The van der Waals surface area contributed by atoms with Gasteiger partial charge in [0.05, 0.1) is 5.52 Å². The van der Waals surface area contributed by atoms with Gasteiger partial charge in [0.15, 0.2) is 11.4 Å². The number of aromatic nitrogens is 1. The van der Waals surface area contributed by atoms with E-state index in [0.29, 0.717) is 17.2 Å². The van der Waals surface area contributed by atoms with Crippen LogP contribution < -0.4 is 5.73 Å². The summed E-state index contributed by atoms with van der Waals surface area (Å²) in [6.07, 6.45) is 0. The molecule has 0 unspecified atom stereocenters. The van der Waals surface area contributed by atoms with Gasteiger partial charge in [0.25, 0.3) is 0 Å². The Morgan fingerprint density at radius 3 is 2.67 bits per heavy atom. The minimum absolute atomic E-state index is 0.346. The van der Waals surface area contributed by atoms with E-state index in [4.69, 9.17) is 10.2 Å². The summed E-state index contributed by atoms with van der Waals surface area (Å²) in [7, 11) is 0. The third-order valence-electron chi connectivity index (χ3n) is 3.00. The normalized spacial score (nSPS) is 12.4. The Bertz CT molecular complexity index is 738. The first-order chi connectivity index (χ1) is 8.47. The van der Waals surface area contributed by atoms with Gasteiger partial charge in [0, 0.05) is 10.8 Å². The van der Waals surface area contributed by atoms with E-state index in [1.54, 1.807) is 13.8 Å². The second kappa shape index (κ2) is 3.46. The number of furan rings is 1. The molecule has 0 saturated heterocycles. The number of benzene rings is 1. The molecule has 3 N–H and O–H groups in total. The van der Waals surface area contributed by atoms with Crippen LogP contribution in [0.25, 0.3) is 21.9 Å². The molecule has 0 radical (unpaired) electrons. The monoisotopic (exact) mass is 242 g/mol. The van der Waals surface area contributed by atoms with Crippen molar-refractivity contribution in [2.24, 2.45) is 0 Å². The zero-order valence-corrected chi connectivity index (χ0v) is 10.3. The number of rotatable bonds is 1. The number of hydrogen-bond donors (Lipinski definition) is 2. The Morgan fingerprint density at radius 2 is 1.94 bits per heavy atom. The van der Waals surface area contributed by atoms with Gasteiger partial charge in [-0.3, -0.25) is 0 Å². The van der Waals surface area contributed by atoms with Gasteiger partial charge in [-0.1, -0.05) is 18.2 Å². The maximum Gasteiger partial charge on any atom is 0.177 e. The van der Waals surface area contributed by atoms with Crippen LogP contribution >= 0.6 is 0 Å². The predicted molar refractivity (Wildman–Crippen MR) is 71.2 cm³/mol. The Hall–Kier alpha value is -2.07. The average Bonchev–Trinajstić information content (AvgIpc) is 2.74. The van der Waals surface area contributed by atoms with Crippen molar-refractivity contribution in [1.29, 1.82) is 0 Å². The largest absolute Gasteiger partial charge is 0.454 e. The van der Waals surface area contributed by atoms with Crippen molar-refractivity contribution in [1.82, 2.24) is 4.98 Å². The number of fused-ring (bicyclic) bond motifs is 3. The number of nitrogens with two attached hydrogens (primary N) is 1. The molecule has 0 saturated carbocycles. The summed E-state index contributed by atoms with van der Waals surface area (Å²) in [6, 6.07) is 9.55. The summed E-state index contributed by atoms with van der Waals surface area (Å²) in [5.41, 5.74) is 6.22. The molecular weight excluding hydrogens is 228 g/mol. The molecule has 2 heterocycles. The third-order valence-corrected chi connectivity index (χ3v) is 3.00. The second-order valence-electron chi connectivity index (χ2n) is 4.93. The zero-order chi connectivity index (χ0) is 12.9. The molecule has 4 heteroatoms. The quantitative estimate of drug-likeness (QED) is 0.688. The van der Waals surface area contributed by atoms with Gasteiger partial charge in [0.2, 0.25) is 0 Å². The van der Waals surface area contributed by atoms with Gasteiger partial charge in [-0.05, 0) is 26.0 Å². The third kappa shape index (κ3) is 1.54. The van der Waals surface area contributed by atoms with E-state index in [9.17, 15) is 5.11 Å². The Labute approximate surface area is 104 Å². The molecular formula is C14H14N2O2. The van der Waals surface area contributed by atoms with Crippen LogP contribution in [0.1, 0.15) is 19.6 Å². The van der Waals surface area contributed by atoms with Crippen molar-refractivity contribution in [3.05, 3.63) is 36.1 Å². The van der Waals surface area contributed by atoms with Crippen molar-refractivity contribution in [3.63, 3.8) is 0 Å². The maximum atomic E-state index is 10.00. The van der Waals surface area contributed by atoms with Crippen molar-refractivity contribution in [2.75, 3.05) is 5.73 Å². The molecule has 3 aromatic rings. The first kappa shape index (κ1) is 11.0. The van der Waals surface area contributed by atoms with Gasteiger partial charge in [-0.2, -0.15) is 0 Å². The Kier molecular flexibility index (Phi) is 2.12. The van der Waals surface area contributed by atoms with Crippen LogP contribution in [-0.2, 0) is 5.60 Å². The molecule has 92 valence electrons. The number of pyridine rings is 1. The van der Waals surface area contributed by atoms with E-state index in [0.717, 1.165) is 16.3 Å². The Balaban J connectivity index is 2.45. The first-order valence-corrected chi connectivity index (χ1v) is 5.77. The Morgan fingerprint density at radius 1 is 1.22 bits per heavy atom. The highest BCUT2D eigenvalue weighted by atomic mass is 16.4. The van der Waals surface area contributed by atoms with Crippen molar-refractivity contribution >= 4 is 27.7 Å². The molecule has 1 aromatic carbocycles. The first-order valence-electron chi connectivity index (χ1n) is 5.77.